The zero-order valence-corrected chi connectivity index (χ0v) is 22.5. The van der Waals surface area contributed by atoms with E-state index in [-0.39, 0.29) is 0 Å². The van der Waals surface area contributed by atoms with Crippen molar-refractivity contribution in [3.63, 3.8) is 0 Å². The lowest BCUT2D eigenvalue weighted by Crippen LogP contribution is -2.31. The standard InChI is InChI=1S/C31H42F2N2O/c1-7-16-29(32)23-31(33)26(4)24-34(25-28(8-2)18-19-30(9-3)36-6)20-13-11-10-12-17-27(5)35-21-14-15-22-35/h7,10-19,21-23,26H,1,8-9,20,24-25H2,2-6H3/b12-10-,13-11+,27-17+,28-18+,29-16+,30-19+,31-23+. The maximum absolute atomic E-state index is 14.6. The fraction of sp³-hybridized carbons (Fsp3) is 0.355. The second-order valence-corrected chi connectivity index (χ2v) is 8.49. The summed E-state index contributed by atoms with van der Waals surface area (Å²) in [5.74, 6) is -0.670. The smallest absolute Gasteiger partial charge is 0.125 e. The Hall–Kier alpha value is -3.18. The lowest BCUT2D eigenvalue weighted by Gasteiger charge is -2.25. The number of aromatic nitrogens is 1. The van der Waals surface area contributed by atoms with Crippen LogP contribution < -0.4 is 0 Å². The molecule has 1 aromatic heterocycles. The van der Waals surface area contributed by atoms with E-state index in [2.05, 4.69) is 30.6 Å². The molecule has 0 amide bonds. The Balaban J connectivity index is 2.97. The maximum atomic E-state index is 14.6. The predicted octanol–water partition coefficient (Wildman–Crippen LogP) is 8.57. The van der Waals surface area contributed by atoms with E-state index in [0.29, 0.717) is 19.6 Å². The molecule has 1 rings (SSSR count). The van der Waals surface area contributed by atoms with Crippen LogP contribution in [0.5, 0.6) is 0 Å². The monoisotopic (exact) mass is 496 g/mol. The van der Waals surface area contributed by atoms with Crippen LogP contribution >= 0.6 is 0 Å². The molecule has 0 spiro atoms. The third-order valence-corrected chi connectivity index (χ3v) is 5.62. The summed E-state index contributed by atoms with van der Waals surface area (Å²) >= 11 is 0. The molecule has 0 aliphatic carbocycles. The molecule has 5 heteroatoms. The van der Waals surface area contributed by atoms with Crippen LogP contribution in [0.25, 0.3) is 5.70 Å². The quantitative estimate of drug-likeness (QED) is 0.168. The highest BCUT2D eigenvalue weighted by molar-refractivity contribution is 5.45. The molecule has 1 unspecified atom stereocenters. The summed E-state index contributed by atoms with van der Waals surface area (Å²) < 4.78 is 35.8. The summed E-state index contributed by atoms with van der Waals surface area (Å²) in [7, 11) is 1.67. The van der Waals surface area contributed by atoms with E-state index in [1.54, 1.807) is 14.0 Å². The van der Waals surface area contributed by atoms with Gasteiger partial charge in [0.1, 0.15) is 11.7 Å². The van der Waals surface area contributed by atoms with Crippen LogP contribution in [-0.2, 0) is 4.74 Å². The Labute approximate surface area is 216 Å². The van der Waals surface area contributed by atoms with E-state index in [4.69, 9.17) is 4.74 Å². The normalized spacial score (nSPS) is 15.4. The summed E-state index contributed by atoms with van der Waals surface area (Å²) in [6.07, 6.45) is 23.2. The van der Waals surface area contributed by atoms with Gasteiger partial charge in [-0.2, -0.15) is 0 Å². The van der Waals surface area contributed by atoms with E-state index in [1.807, 2.05) is 73.3 Å². The minimum atomic E-state index is -0.639. The van der Waals surface area contributed by atoms with Crippen molar-refractivity contribution in [2.24, 2.45) is 5.92 Å². The number of nitrogens with zero attached hydrogens (tertiary/aromatic N) is 2. The highest BCUT2D eigenvalue weighted by Gasteiger charge is 2.15. The average Bonchev–Trinajstić information content (AvgIpc) is 3.40. The Bertz CT molecular complexity index is 986. The number of ether oxygens (including phenoxy) is 1. The summed E-state index contributed by atoms with van der Waals surface area (Å²) in [6.45, 7) is 13.2. The van der Waals surface area contributed by atoms with Crippen LogP contribution in [0.2, 0.25) is 0 Å². The molecule has 0 saturated heterocycles. The van der Waals surface area contributed by atoms with Crippen LogP contribution in [0.3, 0.4) is 0 Å². The Morgan fingerprint density at radius 3 is 2.36 bits per heavy atom. The molecule has 0 bridgehead atoms. The molecule has 0 radical (unpaired) electrons. The second-order valence-electron chi connectivity index (χ2n) is 8.49. The van der Waals surface area contributed by atoms with E-state index >= 15 is 0 Å². The highest BCUT2D eigenvalue weighted by atomic mass is 19.1. The number of halogens is 2. The van der Waals surface area contributed by atoms with Gasteiger partial charge >= 0.3 is 0 Å². The van der Waals surface area contributed by atoms with Crippen molar-refractivity contribution < 1.29 is 13.5 Å². The summed E-state index contributed by atoms with van der Waals surface area (Å²) in [6, 6.07) is 3.98. The van der Waals surface area contributed by atoms with E-state index in [1.165, 1.54) is 11.6 Å². The van der Waals surface area contributed by atoms with Gasteiger partial charge in [0.05, 0.1) is 12.9 Å². The molecule has 1 atom stereocenters. The number of methoxy groups -OCH3 is 1. The van der Waals surface area contributed by atoms with E-state index in [0.717, 1.165) is 36.4 Å². The zero-order valence-electron chi connectivity index (χ0n) is 22.5. The van der Waals surface area contributed by atoms with Gasteiger partial charge in [0.15, 0.2) is 0 Å². The van der Waals surface area contributed by atoms with Crippen LogP contribution in [0.1, 0.15) is 40.5 Å². The number of hydrogen-bond acceptors (Lipinski definition) is 2. The molecular formula is C31H42F2N2O. The Morgan fingerprint density at radius 2 is 1.75 bits per heavy atom. The van der Waals surface area contributed by atoms with Gasteiger partial charge in [0.25, 0.3) is 0 Å². The molecule has 0 N–H and O–H groups in total. The van der Waals surface area contributed by atoms with E-state index < -0.39 is 17.6 Å². The van der Waals surface area contributed by atoms with Crippen LogP contribution in [0.15, 0.2) is 115 Å². The van der Waals surface area contributed by atoms with Crippen molar-refractivity contribution in [2.75, 3.05) is 26.7 Å². The molecule has 0 aromatic carbocycles. The first-order valence-electron chi connectivity index (χ1n) is 12.5. The van der Waals surface area contributed by atoms with Gasteiger partial charge in [-0.3, -0.25) is 4.90 Å². The third-order valence-electron chi connectivity index (χ3n) is 5.62. The average molecular weight is 497 g/mol. The first kappa shape index (κ1) is 30.9. The number of rotatable bonds is 16. The summed E-state index contributed by atoms with van der Waals surface area (Å²) in [4.78, 5) is 2.17. The van der Waals surface area contributed by atoms with Gasteiger partial charge in [-0.25, -0.2) is 8.78 Å². The molecule has 0 fully saturated rings. The molecule has 3 nitrogen and oxygen atoms in total. The van der Waals surface area contributed by atoms with Gasteiger partial charge in [0.2, 0.25) is 0 Å². The predicted molar refractivity (Wildman–Crippen MR) is 151 cm³/mol. The molecular weight excluding hydrogens is 454 g/mol. The van der Waals surface area contributed by atoms with Crippen LogP contribution in [0, 0.1) is 5.92 Å². The summed E-state index contributed by atoms with van der Waals surface area (Å²) in [5, 5.41) is 0. The minimum Gasteiger partial charge on any atom is -0.501 e. The fourth-order valence-electron chi connectivity index (χ4n) is 3.43. The Morgan fingerprint density at radius 1 is 1.03 bits per heavy atom. The lowest BCUT2D eigenvalue weighted by molar-refractivity contribution is 0.276. The third kappa shape index (κ3) is 12.5. The van der Waals surface area contributed by atoms with Gasteiger partial charge in [0, 0.05) is 56.1 Å². The van der Waals surface area contributed by atoms with Gasteiger partial charge in [-0.1, -0.05) is 69.4 Å². The topological polar surface area (TPSA) is 17.4 Å². The van der Waals surface area contributed by atoms with Crippen molar-refractivity contribution in [1.82, 2.24) is 9.47 Å². The maximum Gasteiger partial charge on any atom is 0.125 e. The van der Waals surface area contributed by atoms with E-state index in [9.17, 15) is 8.78 Å². The van der Waals surface area contributed by atoms with Crippen molar-refractivity contribution in [1.29, 1.82) is 0 Å². The largest absolute Gasteiger partial charge is 0.501 e. The van der Waals surface area contributed by atoms with Gasteiger partial charge in [-0.05, 0) is 43.7 Å². The van der Waals surface area contributed by atoms with Crippen molar-refractivity contribution >= 4 is 5.70 Å². The Kier molecular flexibility index (Phi) is 15.5. The van der Waals surface area contributed by atoms with Gasteiger partial charge < -0.3 is 9.30 Å². The number of hydrogen-bond donors (Lipinski definition) is 0. The molecule has 1 heterocycles. The molecule has 0 aliphatic heterocycles. The minimum absolute atomic E-state index is 0.455. The van der Waals surface area contributed by atoms with Crippen molar-refractivity contribution in [3.8, 4) is 0 Å². The van der Waals surface area contributed by atoms with Gasteiger partial charge in [-0.15, -0.1) is 0 Å². The molecule has 0 aliphatic rings. The first-order valence-corrected chi connectivity index (χ1v) is 12.5. The highest BCUT2D eigenvalue weighted by Crippen LogP contribution is 2.18. The number of allylic oxidation sites excluding steroid dienone is 12. The molecule has 196 valence electrons. The lowest BCUT2D eigenvalue weighted by atomic mass is 10.1. The van der Waals surface area contributed by atoms with Crippen LogP contribution in [0.4, 0.5) is 8.78 Å². The van der Waals surface area contributed by atoms with Crippen molar-refractivity contribution in [3.05, 3.63) is 115 Å². The fourth-order valence-corrected chi connectivity index (χ4v) is 3.43. The van der Waals surface area contributed by atoms with Crippen molar-refractivity contribution in [2.45, 2.75) is 40.5 Å². The molecule has 1 aromatic rings. The van der Waals surface area contributed by atoms with Crippen LogP contribution in [-0.4, -0.2) is 36.2 Å². The SMILES string of the molecule is C=C/C=C(F)\C=C(\F)C(C)CN(C/C=C/C=C\C=C(/C)n1cccc1)C/C(=C/C=C(\CC)OC)CC. The molecule has 36 heavy (non-hydrogen) atoms. The first-order chi connectivity index (χ1) is 17.3. The zero-order chi connectivity index (χ0) is 26.8. The summed E-state index contributed by atoms with van der Waals surface area (Å²) in [5.41, 5.74) is 2.33. The second kappa shape index (κ2) is 18.1. The molecule has 0 saturated carbocycles.